The smallest absolute Gasteiger partial charge is 0.143 e. The summed E-state index contributed by atoms with van der Waals surface area (Å²) >= 11 is 0. The molecular formula is C3H2N4O. The molecule has 5 nitrogen and oxygen atoms in total. The number of nitroso groups, excluding NO2 is 1. The zero-order valence-corrected chi connectivity index (χ0v) is 3.85. The zero-order valence-electron chi connectivity index (χ0n) is 3.85. The molecule has 0 amide bonds. The molecule has 0 spiro atoms. The Balaban J connectivity index is 2.99. The minimum absolute atomic E-state index is 0.0556. The summed E-state index contributed by atoms with van der Waals surface area (Å²) in [7, 11) is 0. The van der Waals surface area contributed by atoms with Crippen LogP contribution in [0.2, 0.25) is 0 Å². The molecule has 1 rings (SSSR count). The van der Waals surface area contributed by atoms with Gasteiger partial charge in [0.25, 0.3) is 0 Å². The van der Waals surface area contributed by atoms with Gasteiger partial charge in [-0.1, -0.05) is 0 Å². The van der Waals surface area contributed by atoms with Gasteiger partial charge >= 0.3 is 0 Å². The van der Waals surface area contributed by atoms with E-state index in [9.17, 15) is 4.91 Å². The number of aromatic nitrogens is 3. The van der Waals surface area contributed by atoms with E-state index < -0.39 is 0 Å². The van der Waals surface area contributed by atoms with Gasteiger partial charge in [0.1, 0.15) is 0 Å². The Kier molecular flexibility index (Phi) is 1.23. The number of nitrogens with zero attached hydrogens (tertiary/aromatic N) is 4. The van der Waals surface area contributed by atoms with Gasteiger partial charge in [0, 0.05) is 6.07 Å². The molecule has 1 heterocycles. The maximum Gasteiger partial charge on any atom is 0.221 e. The van der Waals surface area contributed by atoms with Gasteiger partial charge in [-0.3, -0.25) is 0 Å². The fourth-order valence-electron chi connectivity index (χ4n) is 0.283. The lowest BCUT2D eigenvalue weighted by Gasteiger charge is -1.77. The van der Waals surface area contributed by atoms with E-state index in [2.05, 4.69) is 20.6 Å². The number of hydrogen-bond acceptors (Lipinski definition) is 5. The Labute approximate surface area is 44.7 Å². The zero-order chi connectivity index (χ0) is 5.82. The first-order valence-electron chi connectivity index (χ1n) is 1.91. The van der Waals surface area contributed by atoms with E-state index in [-0.39, 0.29) is 5.82 Å². The molecule has 0 aliphatic carbocycles. The first kappa shape index (κ1) is 4.76. The van der Waals surface area contributed by atoms with Crippen molar-refractivity contribution in [1.29, 1.82) is 0 Å². The largest absolute Gasteiger partial charge is 0.221 e. The summed E-state index contributed by atoms with van der Waals surface area (Å²) in [4.78, 5) is 9.63. The molecule has 8 heavy (non-hydrogen) atoms. The second-order valence-electron chi connectivity index (χ2n) is 1.07. The van der Waals surface area contributed by atoms with E-state index >= 15 is 0 Å². The molecular weight excluding hydrogens is 108 g/mol. The van der Waals surface area contributed by atoms with Crippen LogP contribution in [0.4, 0.5) is 5.82 Å². The monoisotopic (exact) mass is 110 g/mol. The summed E-state index contributed by atoms with van der Waals surface area (Å²) in [6.07, 6.45) is 1.35. The van der Waals surface area contributed by atoms with Crippen LogP contribution < -0.4 is 0 Å². The molecule has 0 aromatic carbocycles. The predicted molar refractivity (Wildman–Crippen MR) is 25.3 cm³/mol. The van der Waals surface area contributed by atoms with Crippen molar-refractivity contribution in [3.63, 3.8) is 0 Å². The number of hydrogen-bond donors (Lipinski definition) is 0. The van der Waals surface area contributed by atoms with Gasteiger partial charge in [-0.25, -0.2) is 0 Å². The van der Waals surface area contributed by atoms with E-state index in [1.165, 1.54) is 12.3 Å². The van der Waals surface area contributed by atoms with Crippen molar-refractivity contribution in [1.82, 2.24) is 15.4 Å². The van der Waals surface area contributed by atoms with E-state index in [4.69, 9.17) is 0 Å². The molecule has 0 bridgehead atoms. The lowest BCUT2D eigenvalue weighted by Crippen LogP contribution is -1.81. The van der Waals surface area contributed by atoms with E-state index in [0.29, 0.717) is 0 Å². The Bertz CT molecular complexity index is 174. The average molecular weight is 110 g/mol. The SMILES string of the molecule is O=Nc1ccnnn1. The summed E-state index contributed by atoms with van der Waals surface area (Å²) in [5, 5.41) is 12.3. The normalized spacial score (nSPS) is 8.50. The van der Waals surface area contributed by atoms with Crippen LogP contribution in [-0.2, 0) is 0 Å². The molecule has 0 radical (unpaired) electrons. The van der Waals surface area contributed by atoms with Crippen LogP contribution in [0.1, 0.15) is 0 Å². The lowest BCUT2D eigenvalue weighted by molar-refractivity contribution is 0.864. The van der Waals surface area contributed by atoms with Gasteiger partial charge in [0.05, 0.1) is 6.20 Å². The Morgan fingerprint density at radius 2 is 2.50 bits per heavy atom. The quantitative estimate of drug-likeness (QED) is 0.486. The van der Waals surface area contributed by atoms with Gasteiger partial charge in [-0.15, -0.1) is 15.1 Å². The molecule has 0 fully saturated rings. The molecule has 0 unspecified atom stereocenters. The van der Waals surface area contributed by atoms with Crippen molar-refractivity contribution in [2.24, 2.45) is 5.18 Å². The third-order valence-corrected chi connectivity index (χ3v) is 0.583. The molecule has 1 aromatic rings. The van der Waals surface area contributed by atoms with Crippen LogP contribution in [-0.4, -0.2) is 15.4 Å². The molecule has 0 aliphatic heterocycles. The standard InChI is InChI=1S/C3H2N4O/c8-6-3-1-2-4-7-5-3/h1-2H. The third kappa shape index (κ3) is 0.810. The van der Waals surface area contributed by atoms with E-state index in [1.54, 1.807) is 0 Å². The summed E-state index contributed by atoms with van der Waals surface area (Å²) in [6, 6.07) is 1.38. The first-order chi connectivity index (χ1) is 3.93. The molecule has 0 N–H and O–H groups in total. The van der Waals surface area contributed by atoms with Gasteiger partial charge in [-0.05, 0) is 10.4 Å². The molecule has 1 aromatic heterocycles. The third-order valence-electron chi connectivity index (χ3n) is 0.583. The second kappa shape index (κ2) is 2.06. The highest BCUT2D eigenvalue weighted by atomic mass is 16.3. The van der Waals surface area contributed by atoms with Crippen molar-refractivity contribution < 1.29 is 0 Å². The molecule has 0 aliphatic rings. The van der Waals surface area contributed by atoms with Crippen LogP contribution >= 0.6 is 0 Å². The maximum atomic E-state index is 9.63. The minimum atomic E-state index is 0.0556. The Hall–Kier alpha value is -1.39. The molecule has 0 atom stereocenters. The lowest BCUT2D eigenvalue weighted by atomic mass is 10.6. The highest BCUT2D eigenvalue weighted by Gasteiger charge is 1.85. The van der Waals surface area contributed by atoms with Crippen LogP contribution in [0.25, 0.3) is 0 Å². The summed E-state index contributed by atoms with van der Waals surface area (Å²) in [5.74, 6) is 0.0556. The van der Waals surface area contributed by atoms with Gasteiger partial charge in [-0.2, -0.15) is 0 Å². The van der Waals surface area contributed by atoms with Crippen molar-refractivity contribution in [2.45, 2.75) is 0 Å². The first-order valence-corrected chi connectivity index (χ1v) is 1.91. The van der Waals surface area contributed by atoms with Gasteiger partial charge in [0.15, 0.2) is 0 Å². The Morgan fingerprint density at radius 3 is 2.88 bits per heavy atom. The topological polar surface area (TPSA) is 68.1 Å². The second-order valence-corrected chi connectivity index (χ2v) is 1.07. The van der Waals surface area contributed by atoms with Gasteiger partial charge in [0.2, 0.25) is 5.82 Å². The van der Waals surface area contributed by atoms with Crippen molar-refractivity contribution in [3.05, 3.63) is 17.2 Å². The fraction of sp³-hybridized carbons (Fsp3) is 0. The fourth-order valence-corrected chi connectivity index (χ4v) is 0.283. The summed E-state index contributed by atoms with van der Waals surface area (Å²) in [6.45, 7) is 0. The van der Waals surface area contributed by atoms with Crippen LogP contribution in [0.3, 0.4) is 0 Å². The summed E-state index contributed by atoms with van der Waals surface area (Å²) in [5.41, 5.74) is 0. The average Bonchev–Trinajstić information content (AvgIpc) is 1.90. The maximum absolute atomic E-state index is 9.63. The molecule has 0 saturated carbocycles. The van der Waals surface area contributed by atoms with Crippen molar-refractivity contribution in [2.75, 3.05) is 0 Å². The van der Waals surface area contributed by atoms with Crippen molar-refractivity contribution in [3.8, 4) is 0 Å². The number of rotatable bonds is 1. The van der Waals surface area contributed by atoms with Crippen LogP contribution in [0.5, 0.6) is 0 Å². The predicted octanol–water partition coefficient (Wildman–Crippen LogP) is 0.269. The minimum Gasteiger partial charge on any atom is -0.143 e. The molecule has 5 heteroatoms. The van der Waals surface area contributed by atoms with E-state index in [1.807, 2.05) is 0 Å². The van der Waals surface area contributed by atoms with Crippen molar-refractivity contribution >= 4 is 5.82 Å². The van der Waals surface area contributed by atoms with E-state index in [0.717, 1.165) is 0 Å². The summed E-state index contributed by atoms with van der Waals surface area (Å²) < 4.78 is 0. The highest BCUT2D eigenvalue weighted by Crippen LogP contribution is 1.98. The Morgan fingerprint density at radius 1 is 1.62 bits per heavy atom. The highest BCUT2D eigenvalue weighted by molar-refractivity contribution is 5.19. The van der Waals surface area contributed by atoms with Crippen LogP contribution in [0.15, 0.2) is 17.4 Å². The molecule has 0 saturated heterocycles. The van der Waals surface area contributed by atoms with Crippen LogP contribution in [0, 0.1) is 4.91 Å². The van der Waals surface area contributed by atoms with Gasteiger partial charge < -0.3 is 0 Å². The molecule has 40 valence electrons.